The molecule has 2 amide bonds. The highest BCUT2D eigenvalue weighted by Crippen LogP contribution is 2.31. The van der Waals surface area contributed by atoms with E-state index in [-0.39, 0.29) is 24.1 Å². The van der Waals surface area contributed by atoms with E-state index in [1.807, 2.05) is 0 Å². The van der Waals surface area contributed by atoms with Crippen LogP contribution < -0.4 is 15.0 Å². The Hall–Kier alpha value is -3.30. The largest absolute Gasteiger partial charge is 0.478 e. The first-order valence-electron chi connectivity index (χ1n) is 9.44. The number of halogens is 3. The van der Waals surface area contributed by atoms with Crippen LogP contribution in [0.15, 0.2) is 42.6 Å². The van der Waals surface area contributed by atoms with Crippen molar-refractivity contribution in [2.24, 2.45) is 0 Å². The van der Waals surface area contributed by atoms with Crippen molar-refractivity contribution in [2.75, 3.05) is 36.4 Å². The molecule has 1 aromatic carbocycles. The van der Waals surface area contributed by atoms with E-state index in [4.69, 9.17) is 4.74 Å². The highest BCUT2D eigenvalue weighted by atomic mass is 19.4. The first-order chi connectivity index (χ1) is 14.3. The lowest BCUT2D eigenvalue weighted by atomic mass is 10.1. The average Bonchev–Trinajstić information content (AvgIpc) is 2.74. The molecule has 0 saturated carbocycles. The molecule has 30 heavy (non-hydrogen) atoms. The Kier molecular flexibility index (Phi) is 5.23. The fourth-order valence-electron chi connectivity index (χ4n) is 3.47. The number of rotatable bonds is 3. The van der Waals surface area contributed by atoms with Crippen molar-refractivity contribution in [3.63, 3.8) is 0 Å². The number of para-hydroxylation sites is 2. The van der Waals surface area contributed by atoms with Gasteiger partial charge in [-0.2, -0.15) is 13.2 Å². The number of amides is 2. The second kappa shape index (κ2) is 7.85. The number of anilines is 2. The number of ether oxygens (including phenoxy) is 1. The van der Waals surface area contributed by atoms with Crippen molar-refractivity contribution in [3.05, 3.63) is 48.2 Å². The molecule has 1 N–H and O–H groups in total. The zero-order valence-corrected chi connectivity index (χ0v) is 15.9. The molecule has 0 spiro atoms. The van der Waals surface area contributed by atoms with Crippen LogP contribution in [0.3, 0.4) is 0 Å². The van der Waals surface area contributed by atoms with Gasteiger partial charge in [0.05, 0.1) is 17.7 Å². The number of carbonyl (C=O) groups is 2. The monoisotopic (exact) mass is 420 g/mol. The lowest BCUT2D eigenvalue weighted by Crippen LogP contribution is -2.50. The highest BCUT2D eigenvalue weighted by molar-refractivity contribution is 5.99. The topological polar surface area (TPSA) is 74.8 Å². The third-order valence-corrected chi connectivity index (χ3v) is 5.10. The number of pyridine rings is 1. The van der Waals surface area contributed by atoms with Gasteiger partial charge in [0.15, 0.2) is 6.10 Å². The molecule has 2 aliphatic heterocycles. The fourth-order valence-corrected chi connectivity index (χ4v) is 3.47. The van der Waals surface area contributed by atoms with Crippen LogP contribution in [-0.4, -0.2) is 54.0 Å². The first-order valence-corrected chi connectivity index (χ1v) is 9.44. The number of hydrogen-bond donors (Lipinski definition) is 1. The van der Waals surface area contributed by atoms with Crippen LogP contribution in [0.1, 0.15) is 12.0 Å². The molecule has 0 bridgehead atoms. The Balaban J connectivity index is 1.34. The third kappa shape index (κ3) is 4.17. The van der Waals surface area contributed by atoms with E-state index in [0.717, 1.165) is 18.3 Å². The van der Waals surface area contributed by atoms with E-state index in [1.54, 1.807) is 34.1 Å². The SMILES string of the molecule is O=C1Nc2ccccc2OC1CC(=O)N1CCN(c2cc(C(F)(F)F)ccn2)CC1. The maximum absolute atomic E-state index is 12.9. The number of piperazine rings is 1. The Morgan fingerprint density at radius 3 is 2.63 bits per heavy atom. The van der Waals surface area contributed by atoms with Crippen LogP contribution >= 0.6 is 0 Å². The summed E-state index contributed by atoms with van der Waals surface area (Å²) in [6, 6.07) is 8.91. The van der Waals surface area contributed by atoms with E-state index in [0.29, 0.717) is 37.6 Å². The van der Waals surface area contributed by atoms with E-state index >= 15 is 0 Å². The normalized spacial score (nSPS) is 19.0. The number of nitrogens with zero attached hydrogens (tertiary/aromatic N) is 3. The summed E-state index contributed by atoms with van der Waals surface area (Å²) in [5, 5.41) is 2.72. The summed E-state index contributed by atoms with van der Waals surface area (Å²) < 4.78 is 44.4. The number of hydrogen-bond acceptors (Lipinski definition) is 5. The fraction of sp³-hybridized carbons (Fsp3) is 0.350. The standard InChI is InChI=1S/C20H19F3N4O3/c21-20(22,23)13-5-6-24-17(11-13)26-7-9-27(10-8-26)18(28)12-16-19(29)25-14-3-1-2-4-15(14)30-16/h1-6,11,16H,7-10,12H2,(H,25,29). The smallest absolute Gasteiger partial charge is 0.416 e. The van der Waals surface area contributed by atoms with Crippen molar-refractivity contribution >= 4 is 23.3 Å². The average molecular weight is 420 g/mol. The summed E-state index contributed by atoms with van der Waals surface area (Å²) in [5.74, 6) is 0.110. The molecule has 158 valence electrons. The maximum Gasteiger partial charge on any atom is 0.416 e. The Labute approximate surface area is 170 Å². The van der Waals surface area contributed by atoms with Crippen molar-refractivity contribution in [3.8, 4) is 5.75 Å². The van der Waals surface area contributed by atoms with Gasteiger partial charge in [-0.05, 0) is 24.3 Å². The van der Waals surface area contributed by atoms with Gasteiger partial charge >= 0.3 is 6.18 Å². The van der Waals surface area contributed by atoms with E-state index in [1.165, 1.54) is 0 Å². The van der Waals surface area contributed by atoms with E-state index < -0.39 is 17.8 Å². The van der Waals surface area contributed by atoms with Gasteiger partial charge in [-0.15, -0.1) is 0 Å². The van der Waals surface area contributed by atoms with Gasteiger partial charge in [-0.3, -0.25) is 9.59 Å². The molecule has 4 rings (SSSR count). The van der Waals surface area contributed by atoms with Crippen molar-refractivity contribution < 1.29 is 27.5 Å². The molecule has 10 heteroatoms. The van der Waals surface area contributed by atoms with Crippen LogP contribution in [0.4, 0.5) is 24.7 Å². The van der Waals surface area contributed by atoms with Crippen molar-refractivity contribution in [1.82, 2.24) is 9.88 Å². The molecule has 2 aromatic rings. The first kappa shape index (κ1) is 20.0. The van der Waals surface area contributed by atoms with Crippen LogP contribution in [0.5, 0.6) is 5.75 Å². The molecule has 7 nitrogen and oxygen atoms in total. The minimum absolute atomic E-state index is 0.109. The van der Waals surface area contributed by atoms with E-state index in [2.05, 4.69) is 10.3 Å². The maximum atomic E-state index is 12.9. The van der Waals surface area contributed by atoms with Gasteiger partial charge in [0.1, 0.15) is 11.6 Å². The summed E-state index contributed by atoms with van der Waals surface area (Å²) >= 11 is 0. The summed E-state index contributed by atoms with van der Waals surface area (Å²) in [6.45, 7) is 1.34. The molecule has 1 atom stereocenters. The van der Waals surface area contributed by atoms with Gasteiger partial charge < -0.3 is 19.9 Å². The molecule has 1 unspecified atom stereocenters. The lowest BCUT2D eigenvalue weighted by molar-refractivity contribution is -0.137. The minimum Gasteiger partial charge on any atom is -0.478 e. The number of aromatic nitrogens is 1. The number of benzene rings is 1. The Bertz CT molecular complexity index is 958. The molecule has 1 aromatic heterocycles. The van der Waals surface area contributed by atoms with Gasteiger partial charge in [0.2, 0.25) is 5.91 Å². The van der Waals surface area contributed by atoms with Crippen LogP contribution in [0.2, 0.25) is 0 Å². The molecule has 0 radical (unpaired) electrons. The van der Waals surface area contributed by atoms with Gasteiger partial charge in [0.25, 0.3) is 5.91 Å². The lowest BCUT2D eigenvalue weighted by Gasteiger charge is -2.36. The van der Waals surface area contributed by atoms with Gasteiger partial charge in [-0.1, -0.05) is 12.1 Å². The zero-order chi connectivity index (χ0) is 21.3. The Morgan fingerprint density at radius 1 is 1.17 bits per heavy atom. The summed E-state index contributed by atoms with van der Waals surface area (Å²) in [4.78, 5) is 32.2. The van der Waals surface area contributed by atoms with E-state index in [9.17, 15) is 22.8 Å². The van der Waals surface area contributed by atoms with Crippen molar-refractivity contribution in [1.29, 1.82) is 0 Å². The van der Waals surface area contributed by atoms with Gasteiger partial charge in [0, 0.05) is 32.4 Å². The quantitative estimate of drug-likeness (QED) is 0.826. The second-order valence-corrected chi connectivity index (χ2v) is 7.06. The summed E-state index contributed by atoms with van der Waals surface area (Å²) in [6.07, 6.45) is -4.33. The number of fused-ring (bicyclic) bond motifs is 1. The molecule has 1 fully saturated rings. The number of nitrogens with one attached hydrogen (secondary N) is 1. The van der Waals surface area contributed by atoms with Crippen LogP contribution in [0, 0.1) is 0 Å². The minimum atomic E-state index is -4.44. The highest BCUT2D eigenvalue weighted by Gasteiger charge is 2.33. The van der Waals surface area contributed by atoms with Crippen LogP contribution in [-0.2, 0) is 15.8 Å². The summed E-state index contributed by atoms with van der Waals surface area (Å²) in [5.41, 5.74) is -0.194. The molecule has 2 aliphatic rings. The molecule has 0 aliphatic carbocycles. The molecule has 3 heterocycles. The van der Waals surface area contributed by atoms with Gasteiger partial charge in [-0.25, -0.2) is 4.98 Å². The molecular weight excluding hydrogens is 401 g/mol. The van der Waals surface area contributed by atoms with Crippen molar-refractivity contribution in [2.45, 2.75) is 18.7 Å². The summed E-state index contributed by atoms with van der Waals surface area (Å²) in [7, 11) is 0. The van der Waals surface area contributed by atoms with Crippen LogP contribution in [0.25, 0.3) is 0 Å². The second-order valence-electron chi connectivity index (χ2n) is 7.06. The third-order valence-electron chi connectivity index (χ3n) is 5.10. The Morgan fingerprint density at radius 2 is 1.90 bits per heavy atom. The predicted molar refractivity (Wildman–Crippen MR) is 102 cm³/mol. The molecular formula is C20H19F3N4O3. The number of carbonyl (C=O) groups excluding carboxylic acids is 2. The zero-order valence-electron chi connectivity index (χ0n) is 15.9. The molecule has 1 saturated heterocycles. The predicted octanol–water partition coefficient (Wildman–Crippen LogP) is 2.54. The number of alkyl halides is 3.